The Hall–Kier alpha value is -2.62. The molecule has 1 aliphatic carbocycles. The molecule has 32 heavy (non-hydrogen) atoms. The van der Waals surface area contributed by atoms with Crippen LogP contribution in [-0.4, -0.2) is 34.7 Å². The Labute approximate surface area is 193 Å². The SMILES string of the molecule is CC(C)Cc1ccc(O)c(C=NC2CCC(N=Cc3cc(CC(C)C)ccc3O)CC2)c1. The summed E-state index contributed by atoms with van der Waals surface area (Å²) in [6.45, 7) is 8.80. The lowest BCUT2D eigenvalue weighted by Gasteiger charge is -2.23. The van der Waals surface area contributed by atoms with E-state index < -0.39 is 0 Å². The summed E-state index contributed by atoms with van der Waals surface area (Å²) >= 11 is 0. The molecule has 0 atom stereocenters. The van der Waals surface area contributed by atoms with Crippen LogP contribution in [0.25, 0.3) is 0 Å². The van der Waals surface area contributed by atoms with Crippen molar-refractivity contribution in [2.75, 3.05) is 0 Å². The predicted octanol–water partition coefficient (Wildman–Crippen LogP) is 6.34. The zero-order valence-corrected chi connectivity index (χ0v) is 20.0. The second kappa shape index (κ2) is 11.3. The molecule has 1 aliphatic rings. The predicted molar refractivity (Wildman–Crippen MR) is 135 cm³/mol. The highest BCUT2D eigenvalue weighted by Gasteiger charge is 2.19. The monoisotopic (exact) mass is 434 g/mol. The van der Waals surface area contributed by atoms with Crippen molar-refractivity contribution in [2.45, 2.75) is 78.3 Å². The lowest BCUT2D eigenvalue weighted by Crippen LogP contribution is -2.20. The third-order valence-corrected chi connectivity index (χ3v) is 5.99. The molecule has 0 aromatic heterocycles. The molecule has 0 aliphatic heterocycles. The van der Waals surface area contributed by atoms with Crippen molar-refractivity contribution in [3.05, 3.63) is 58.7 Å². The Morgan fingerprint density at radius 3 is 1.44 bits per heavy atom. The van der Waals surface area contributed by atoms with E-state index in [4.69, 9.17) is 9.98 Å². The second-order valence-corrected chi connectivity index (χ2v) is 10.0. The van der Waals surface area contributed by atoms with Gasteiger partial charge in [-0.15, -0.1) is 0 Å². The molecule has 0 unspecified atom stereocenters. The molecular weight excluding hydrogens is 396 g/mol. The van der Waals surface area contributed by atoms with E-state index in [-0.39, 0.29) is 12.1 Å². The third kappa shape index (κ3) is 7.22. The molecule has 0 spiro atoms. The van der Waals surface area contributed by atoms with Crippen molar-refractivity contribution < 1.29 is 10.2 Å². The van der Waals surface area contributed by atoms with Gasteiger partial charge < -0.3 is 10.2 Å². The zero-order chi connectivity index (χ0) is 23.1. The molecule has 2 aromatic rings. The van der Waals surface area contributed by atoms with Gasteiger partial charge in [0, 0.05) is 23.6 Å². The van der Waals surface area contributed by atoms with Crippen LogP contribution in [0, 0.1) is 11.8 Å². The summed E-state index contributed by atoms with van der Waals surface area (Å²) in [7, 11) is 0. The van der Waals surface area contributed by atoms with Crippen LogP contribution < -0.4 is 0 Å². The van der Waals surface area contributed by atoms with Crippen LogP contribution in [0.4, 0.5) is 0 Å². The lowest BCUT2D eigenvalue weighted by molar-refractivity contribution is 0.399. The number of hydrogen-bond donors (Lipinski definition) is 2. The summed E-state index contributed by atoms with van der Waals surface area (Å²) in [6.07, 6.45) is 9.64. The zero-order valence-electron chi connectivity index (χ0n) is 20.0. The number of phenolic OH excluding ortho intramolecular Hbond substituents is 2. The van der Waals surface area contributed by atoms with E-state index in [1.54, 1.807) is 12.1 Å². The molecule has 0 radical (unpaired) electrons. The van der Waals surface area contributed by atoms with Crippen molar-refractivity contribution in [1.82, 2.24) is 0 Å². The van der Waals surface area contributed by atoms with Crippen molar-refractivity contribution in [3.63, 3.8) is 0 Å². The van der Waals surface area contributed by atoms with Crippen LogP contribution >= 0.6 is 0 Å². The standard InChI is InChI=1S/C28H38N2O2/c1-19(2)13-21-5-11-27(31)23(15-21)17-29-25-7-9-26(10-8-25)30-18-24-16-22(14-20(3)4)6-12-28(24)32/h5-6,11-12,15-20,25-26,31-32H,7-10,13-14H2,1-4H3. The van der Waals surface area contributed by atoms with E-state index in [0.29, 0.717) is 23.3 Å². The lowest BCUT2D eigenvalue weighted by atomic mass is 9.92. The normalized spacial score (nSPS) is 19.6. The molecule has 1 fully saturated rings. The fourth-order valence-corrected chi connectivity index (χ4v) is 4.34. The van der Waals surface area contributed by atoms with E-state index in [2.05, 4.69) is 39.8 Å². The minimum Gasteiger partial charge on any atom is -0.507 e. The molecule has 4 nitrogen and oxygen atoms in total. The molecule has 0 bridgehead atoms. The molecule has 1 saturated carbocycles. The second-order valence-electron chi connectivity index (χ2n) is 10.0. The van der Waals surface area contributed by atoms with Gasteiger partial charge in [0.05, 0.1) is 12.1 Å². The van der Waals surface area contributed by atoms with Gasteiger partial charge in [-0.3, -0.25) is 9.98 Å². The first kappa shape index (κ1) is 24.0. The first-order valence-electron chi connectivity index (χ1n) is 12.0. The maximum Gasteiger partial charge on any atom is 0.124 e. The number of phenols is 2. The first-order valence-corrected chi connectivity index (χ1v) is 12.0. The molecule has 2 aromatic carbocycles. The smallest absolute Gasteiger partial charge is 0.124 e. The van der Waals surface area contributed by atoms with E-state index in [1.165, 1.54) is 11.1 Å². The first-order chi connectivity index (χ1) is 15.3. The Morgan fingerprint density at radius 2 is 1.09 bits per heavy atom. The van der Waals surface area contributed by atoms with E-state index >= 15 is 0 Å². The molecule has 0 heterocycles. The molecule has 2 N–H and O–H groups in total. The van der Waals surface area contributed by atoms with E-state index in [1.807, 2.05) is 24.6 Å². The summed E-state index contributed by atoms with van der Waals surface area (Å²) in [4.78, 5) is 9.53. The maximum absolute atomic E-state index is 10.2. The van der Waals surface area contributed by atoms with Crippen molar-refractivity contribution >= 4 is 12.4 Å². The van der Waals surface area contributed by atoms with Crippen LogP contribution in [0.15, 0.2) is 46.4 Å². The average Bonchev–Trinajstić information content (AvgIpc) is 2.74. The quantitative estimate of drug-likeness (QED) is 0.476. The van der Waals surface area contributed by atoms with Crippen LogP contribution in [0.3, 0.4) is 0 Å². The highest BCUT2D eigenvalue weighted by atomic mass is 16.3. The summed E-state index contributed by atoms with van der Waals surface area (Å²) in [5.74, 6) is 1.75. The van der Waals surface area contributed by atoms with Crippen LogP contribution in [-0.2, 0) is 12.8 Å². The van der Waals surface area contributed by atoms with Gasteiger partial charge in [-0.25, -0.2) is 0 Å². The van der Waals surface area contributed by atoms with Gasteiger partial charge in [0.2, 0.25) is 0 Å². The summed E-state index contributed by atoms with van der Waals surface area (Å²) < 4.78 is 0. The fraction of sp³-hybridized carbons (Fsp3) is 0.500. The number of hydrogen-bond acceptors (Lipinski definition) is 4. The number of aromatic hydroxyl groups is 2. The fourth-order valence-electron chi connectivity index (χ4n) is 4.34. The van der Waals surface area contributed by atoms with Gasteiger partial charge >= 0.3 is 0 Å². The summed E-state index contributed by atoms with van der Waals surface area (Å²) in [6, 6.07) is 12.2. The molecule has 172 valence electrons. The van der Waals surface area contributed by atoms with Gasteiger partial charge in [0.15, 0.2) is 0 Å². The van der Waals surface area contributed by atoms with Gasteiger partial charge in [-0.1, -0.05) is 39.8 Å². The molecule has 4 heteroatoms. The molecule has 0 amide bonds. The Balaban J connectivity index is 1.56. The van der Waals surface area contributed by atoms with Crippen molar-refractivity contribution in [1.29, 1.82) is 0 Å². The number of nitrogens with zero attached hydrogens (tertiary/aromatic N) is 2. The third-order valence-electron chi connectivity index (χ3n) is 5.99. The molecule has 0 saturated heterocycles. The molecule has 3 rings (SSSR count). The maximum atomic E-state index is 10.2. The number of aliphatic imine (C=N–C) groups is 2. The highest BCUT2D eigenvalue weighted by molar-refractivity contribution is 5.84. The molecular formula is C28H38N2O2. The highest BCUT2D eigenvalue weighted by Crippen LogP contribution is 2.26. The average molecular weight is 435 g/mol. The Kier molecular flexibility index (Phi) is 8.49. The van der Waals surface area contributed by atoms with Gasteiger partial charge in [0.1, 0.15) is 11.5 Å². The van der Waals surface area contributed by atoms with Gasteiger partial charge in [-0.2, -0.15) is 0 Å². The van der Waals surface area contributed by atoms with Gasteiger partial charge in [-0.05, 0) is 85.8 Å². The minimum atomic E-state index is 0.275. The number of rotatable bonds is 8. The van der Waals surface area contributed by atoms with Crippen LogP contribution in [0.1, 0.15) is 75.6 Å². The van der Waals surface area contributed by atoms with Crippen molar-refractivity contribution in [3.8, 4) is 11.5 Å². The Morgan fingerprint density at radius 1 is 0.719 bits per heavy atom. The van der Waals surface area contributed by atoms with Crippen LogP contribution in [0.2, 0.25) is 0 Å². The largest absolute Gasteiger partial charge is 0.507 e. The summed E-state index contributed by atoms with van der Waals surface area (Å²) in [5, 5.41) is 20.4. The van der Waals surface area contributed by atoms with E-state index in [0.717, 1.165) is 49.7 Å². The Bertz CT molecular complexity index is 861. The number of benzene rings is 2. The van der Waals surface area contributed by atoms with Crippen molar-refractivity contribution in [2.24, 2.45) is 21.8 Å². The summed E-state index contributed by atoms with van der Waals surface area (Å²) in [5.41, 5.74) is 4.08. The minimum absolute atomic E-state index is 0.275. The van der Waals surface area contributed by atoms with Crippen LogP contribution in [0.5, 0.6) is 11.5 Å². The van der Waals surface area contributed by atoms with E-state index in [9.17, 15) is 10.2 Å². The topological polar surface area (TPSA) is 65.2 Å². The van der Waals surface area contributed by atoms with Gasteiger partial charge in [0.25, 0.3) is 0 Å².